The molecule has 0 aliphatic rings. The van der Waals surface area contributed by atoms with Crippen LogP contribution in [0.1, 0.15) is 5.56 Å². The number of pyridine rings is 2. The molecule has 5 rings (SSSR count). The summed E-state index contributed by atoms with van der Waals surface area (Å²) < 4.78 is 12.6. The predicted molar refractivity (Wildman–Crippen MR) is 114 cm³/mol. The van der Waals surface area contributed by atoms with Crippen molar-refractivity contribution in [1.29, 1.82) is 0 Å². The third-order valence-corrected chi connectivity index (χ3v) is 5.50. The third kappa shape index (κ3) is 2.76. The van der Waals surface area contributed by atoms with E-state index in [9.17, 15) is 0 Å². The Bertz CT molecular complexity index is 1370. The lowest BCUT2D eigenvalue weighted by atomic mass is 10.1. The minimum absolute atomic E-state index is 0.781. The van der Waals surface area contributed by atoms with E-state index in [4.69, 9.17) is 4.74 Å². The molecule has 0 fully saturated rings. The molecule has 142 valence electrons. The quantitative estimate of drug-likeness (QED) is 0.421. The summed E-state index contributed by atoms with van der Waals surface area (Å²) in [6.45, 7) is 2.17. The van der Waals surface area contributed by atoms with Crippen molar-refractivity contribution in [3.8, 4) is 17.6 Å². The van der Waals surface area contributed by atoms with E-state index in [0.717, 1.165) is 17.6 Å². The first-order valence-electron chi connectivity index (χ1n) is 9.76. The van der Waals surface area contributed by atoms with Crippen molar-refractivity contribution >= 4 is 21.8 Å². The molecule has 0 unspecified atom stereocenters. The Labute approximate surface area is 169 Å². The molecular formula is C25H23N3O+2. The highest BCUT2D eigenvalue weighted by molar-refractivity contribution is 6.09. The average Bonchev–Trinajstić information content (AvgIpc) is 3.07. The molecule has 0 amide bonds. The van der Waals surface area contributed by atoms with Crippen molar-refractivity contribution in [2.45, 2.75) is 6.92 Å². The number of para-hydroxylation sites is 2. The molecule has 4 nitrogen and oxygen atoms in total. The average molecular weight is 381 g/mol. The Morgan fingerprint density at radius 1 is 0.724 bits per heavy atom. The van der Waals surface area contributed by atoms with E-state index >= 15 is 0 Å². The molecule has 0 aliphatic carbocycles. The fraction of sp³-hybridized carbons (Fsp3) is 0.120. The molecule has 3 heterocycles. The minimum Gasteiger partial charge on any atom is -0.368 e. The first-order valence-corrected chi connectivity index (χ1v) is 9.76. The normalized spacial score (nSPS) is 11.3. The van der Waals surface area contributed by atoms with Gasteiger partial charge >= 0.3 is 5.88 Å². The molecule has 0 N–H and O–H groups in total. The summed E-state index contributed by atoms with van der Waals surface area (Å²) >= 11 is 0. The summed E-state index contributed by atoms with van der Waals surface area (Å²) in [4.78, 5) is 0. The Balaban J connectivity index is 1.77. The number of rotatable bonds is 3. The highest BCUT2D eigenvalue weighted by atomic mass is 16.5. The number of aryl methyl sites for hydroxylation is 2. The highest BCUT2D eigenvalue weighted by Crippen LogP contribution is 2.33. The summed E-state index contributed by atoms with van der Waals surface area (Å²) in [5.74, 6) is 2.63. The maximum atomic E-state index is 6.25. The van der Waals surface area contributed by atoms with Crippen LogP contribution in [-0.4, -0.2) is 4.57 Å². The lowest BCUT2D eigenvalue weighted by Gasteiger charge is -2.09. The van der Waals surface area contributed by atoms with Crippen molar-refractivity contribution in [3.63, 3.8) is 0 Å². The SMILES string of the molecule is Cc1cccc2c3ccccc3n(-c3cccc(Oc4cccc[n+]4C)[n+]3C)c12. The van der Waals surface area contributed by atoms with Crippen LogP contribution in [0.15, 0.2) is 85.1 Å². The molecule has 0 saturated carbocycles. The van der Waals surface area contributed by atoms with Crippen molar-refractivity contribution < 1.29 is 13.9 Å². The van der Waals surface area contributed by atoms with Gasteiger partial charge in [-0.3, -0.25) is 0 Å². The maximum absolute atomic E-state index is 6.25. The van der Waals surface area contributed by atoms with Crippen LogP contribution in [0.25, 0.3) is 27.6 Å². The Kier molecular flexibility index (Phi) is 4.06. The van der Waals surface area contributed by atoms with Gasteiger partial charge in [-0.15, -0.1) is 0 Å². The van der Waals surface area contributed by atoms with Gasteiger partial charge in [0.25, 0.3) is 11.7 Å². The second-order valence-corrected chi connectivity index (χ2v) is 7.36. The summed E-state index contributed by atoms with van der Waals surface area (Å²) in [5, 5.41) is 2.52. The van der Waals surface area contributed by atoms with E-state index in [1.165, 1.54) is 27.4 Å². The van der Waals surface area contributed by atoms with Gasteiger partial charge in [-0.25, -0.2) is 0 Å². The molecule has 0 radical (unpaired) electrons. The second-order valence-electron chi connectivity index (χ2n) is 7.36. The van der Waals surface area contributed by atoms with Crippen LogP contribution < -0.4 is 13.9 Å². The first-order chi connectivity index (χ1) is 14.1. The number of fused-ring (bicyclic) bond motifs is 3. The minimum atomic E-state index is 0.781. The number of aromatic nitrogens is 3. The van der Waals surface area contributed by atoms with Gasteiger partial charge < -0.3 is 4.74 Å². The zero-order chi connectivity index (χ0) is 20.0. The monoisotopic (exact) mass is 381 g/mol. The smallest absolute Gasteiger partial charge is 0.368 e. The first kappa shape index (κ1) is 17.4. The van der Waals surface area contributed by atoms with Crippen LogP contribution in [0.2, 0.25) is 0 Å². The van der Waals surface area contributed by atoms with E-state index in [2.05, 4.69) is 64.6 Å². The Hall–Kier alpha value is -3.66. The lowest BCUT2D eigenvalue weighted by Crippen LogP contribution is -2.37. The van der Waals surface area contributed by atoms with Crippen molar-refractivity contribution in [2.24, 2.45) is 14.1 Å². The summed E-state index contributed by atoms with van der Waals surface area (Å²) in [6.07, 6.45) is 1.98. The van der Waals surface area contributed by atoms with Crippen molar-refractivity contribution in [1.82, 2.24) is 4.57 Å². The molecule has 4 heteroatoms. The molecule has 0 atom stereocenters. The van der Waals surface area contributed by atoms with E-state index in [-0.39, 0.29) is 0 Å². The largest absolute Gasteiger partial charge is 0.375 e. The zero-order valence-corrected chi connectivity index (χ0v) is 16.8. The second kappa shape index (κ2) is 6.74. The fourth-order valence-corrected chi connectivity index (χ4v) is 4.03. The Morgan fingerprint density at radius 3 is 2.31 bits per heavy atom. The van der Waals surface area contributed by atoms with Gasteiger partial charge in [-0.05, 0) is 42.8 Å². The molecule has 5 aromatic rings. The molecular weight excluding hydrogens is 358 g/mol. The fourth-order valence-electron chi connectivity index (χ4n) is 4.03. The van der Waals surface area contributed by atoms with Crippen molar-refractivity contribution in [2.75, 3.05) is 0 Å². The maximum Gasteiger partial charge on any atom is 0.375 e. The molecule has 0 aliphatic heterocycles. The summed E-state index contributed by atoms with van der Waals surface area (Å²) in [5.41, 5.74) is 3.67. The van der Waals surface area contributed by atoms with Crippen LogP contribution in [0, 0.1) is 6.92 Å². The van der Waals surface area contributed by atoms with Gasteiger partial charge in [0.1, 0.15) is 18.1 Å². The van der Waals surface area contributed by atoms with Gasteiger partial charge in [0.05, 0.1) is 13.1 Å². The summed E-state index contributed by atoms with van der Waals surface area (Å²) in [6, 6.07) is 27.2. The van der Waals surface area contributed by atoms with Crippen LogP contribution in [-0.2, 0) is 14.1 Å². The van der Waals surface area contributed by atoms with E-state index < -0.39 is 0 Å². The molecule has 0 bridgehead atoms. The predicted octanol–water partition coefficient (Wildman–Crippen LogP) is 4.53. The third-order valence-electron chi connectivity index (χ3n) is 5.50. The number of benzene rings is 2. The van der Waals surface area contributed by atoms with Gasteiger partial charge in [0.15, 0.2) is 6.20 Å². The lowest BCUT2D eigenvalue weighted by molar-refractivity contribution is -0.692. The number of hydrogen-bond donors (Lipinski definition) is 0. The van der Waals surface area contributed by atoms with Gasteiger partial charge in [-0.2, -0.15) is 13.7 Å². The number of ether oxygens (including phenoxy) is 1. The van der Waals surface area contributed by atoms with Crippen LogP contribution in [0.5, 0.6) is 11.8 Å². The summed E-state index contributed by atoms with van der Waals surface area (Å²) in [7, 11) is 4.03. The van der Waals surface area contributed by atoms with Crippen molar-refractivity contribution in [3.05, 3.63) is 90.6 Å². The van der Waals surface area contributed by atoms with Crippen LogP contribution in [0.3, 0.4) is 0 Å². The molecule has 3 aromatic heterocycles. The number of hydrogen-bond acceptors (Lipinski definition) is 1. The molecule has 29 heavy (non-hydrogen) atoms. The Morgan fingerprint density at radius 2 is 1.45 bits per heavy atom. The topological polar surface area (TPSA) is 21.9 Å². The van der Waals surface area contributed by atoms with E-state index in [1.54, 1.807) is 0 Å². The standard InChI is InChI=1S/C25H23N3O/c1-18-10-8-12-20-19-11-4-5-13-21(19)28(25(18)20)22-14-9-16-24(27(22)3)29-23-15-6-7-17-26(23)2/h4-17H,1-3H3/q+2. The van der Waals surface area contributed by atoms with Gasteiger partial charge in [0, 0.05) is 29.0 Å². The van der Waals surface area contributed by atoms with E-state index in [0.29, 0.717) is 0 Å². The van der Waals surface area contributed by atoms with Crippen LogP contribution in [0.4, 0.5) is 0 Å². The van der Waals surface area contributed by atoms with Crippen LogP contribution >= 0.6 is 0 Å². The number of nitrogens with zero attached hydrogens (tertiary/aromatic N) is 3. The van der Waals surface area contributed by atoms with Gasteiger partial charge in [-0.1, -0.05) is 24.3 Å². The molecule has 0 saturated heterocycles. The molecule has 0 spiro atoms. The van der Waals surface area contributed by atoms with Gasteiger partial charge in [0.2, 0.25) is 0 Å². The zero-order valence-electron chi connectivity index (χ0n) is 16.8. The molecule has 2 aromatic carbocycles. The highest BCUT2D eigenvalue weighted by Gasteiger charge is 2.24. The van der Waals surface area contributed by atoms with E-state index in [1.807, 2.05) is 55.2 Å².